The first kappa shape index (κ1) is 38.3. The maximum atomic E-state index is 14.3. The van der Waals surface area contributed by atoms with Crippen molar-refractivity contribution in [2.24, 2.45) is 11.3 Å². The van der Waals surface area contributed by atoms with Gasteiger partial charge < -0.3 is 29.7 Å². The Hall–Kier alpha value is -1.93. The Kier molecular flexibility index (Phi) is 11.7. The molecular formula is C34H58NO8P. The van der Waals surface area contributed by atoms with Gasteiger partial charge in [-0.3, -0.25) is 14.2 Å². The topological polar surface area (TPSA) is 142 Å². The van der Waals surface area contributed by atoms with Crippen molar-refractivity contribution in [1.29, 1.82) is 0 Å². The standard InChI is InChI=1S/C34H58NO8P/c1-13-42-44(41,24-20-32(9,10)35-33(11,12)21-24)43-15-14-34(29(39)40,18-22(2)28(37)38)19-23-16-25(30(3,4)5)27(36)26(17-23)31(6,7)8/h16-17,22,24,35-36H,13-15,18-21H2,1-12H3,(H,37,38)(H,39,40). The molecule has 1 aliphatic rings. The van der Waals surface area contributed by atoms with Crippen molar-refractivity contribution in [1.82, 2.24) is 5.32 Å². The molecule has 3 atom stereocenters. The highest BCUT2D eigenvalue weighted by atomic mass is 31.2. The Morgan fingerprint density at radius 3 is 1.84 bits per heavy atom. The summed E-state index contributed by atoms with van der Waals surface area (Å²) in [5.74, 6) is -3.00. The van der Waals surface area contributed by atoms with Gasteiger partial charge in [0.15, 0.2) is 0 Å². The highest BCUT2D eigenvalue weighted by molar-refractivity contribution is 7.54. The van der Waals surface area contributed by atoms with Gasteiger partial charge in [-0.15, -0.1) is 0 Å². The van der Waals surface area contributed by atoms with Crippen LogP contribution >= 0.6 is 7.60 Å². The molecule has 2 rings (SSSR count). The van der Waals surface area contributed by atoms with E-state index in [2.05, 4.69) is 33.0 Å². The Labute approximate surface area is 265 Å². The summed E-state index contributed by atoms with van der Waals surface area (Å²) in [5, 5.41) is 35.3. The van der Waals surface area contributed by atoms with E-state index in [-0.39, 0.29) is 55.0 Å². The first-order valence-electron chi connectivity index (χ1n) is 15.8. The molecule has 0 radical (unpaired) electrons. The molecule has 1 saturated heterocycles. The van der Waals surface area contributed by atoms with Crippen LogP contribution in [0.2, 0.25) is 0 Å². The van der Waals surface area contributed by atoms with Crippen LogP contribution < -0.4 is 5.32 Å². The predicted octanol–water partition coefficient (Wildman–Crippen LogP) is 7.66. The summed E-state index contributed by atoms with van der Waals surface area (Å²) in [6, 6.07) is 3.66. The molecule has 0 spiro atoms. The number of aliphatic carboxylic acids is 2. The molecule has 1 aromatic rings. The van der Waals surface area contributed by atoms with Gasteiger partial charge in [-0.05, 0) is 94.2 Å². The van der Waals surface area contributed by atoms with Gasteiger partial charge in [0.05, 0.1) is 30.2 Å². The van der Waals surface area contributed by atoms with Crippen LogP contribution in [-0.2, 0) is 40.5 Å². The largest absolute Gasteiger partial charge is 0.507 e. The van der Waals surface area contributed by atoms with Gasteiger partial charge in [-0.2, -0.15) is 0 Å². The maximum absolute atomic E-state index is 14.3. The van der Waals surface area contributed by atoms with Crippen molar-refractivity contribution in [2.45, 2.75) is 143 Å². The van der Waals surface area contributed by atoms with Gasteiger partial charge in [-0.1, -0.05) is 60.6 Å². The van der Waals surface area contributed by atoms with Gasteiger partial charge in [0, 0.05) is 11.1 Å². The van der Waals surface area contributed by atoms with E-state index in [9.17, 15) is 29.5 Å². The summed E-state index contributed by atoms with van der Waals surface area (Å²) in [6.07, 6.45) is 0.927. The summed E-state index contributed by atoms with van der Waals surface area (Å²) in [5.41, 5.74) is -1.31. The minimum atomic E-state index is -3.66. The number of carboxylic acid groups (broad SMARTS) is 2. The van der Waals surface area contributed by atoms with Crippen molar-refractivity contribution >= 4 is 19.5 Å². The van der Waals surface area contributed by atoms with Gasteiger partial charge >= 0.3 is 19.5 Å². The molecule has 1 fully saturated rings. The molecule has 0 bridgehead atoms. The van der Waals surface area contributed by atoms with Crippen molar-refractivity contribution in [3.8, 4) is 5.75 Å². The molecule has 252 valence electrons. The van der Waals surface area contributed by atoms with E-state index in [0.717, 1.165) is 0 Å². The summed E-state index contributed by atoms with van der Waals surface area (Å²) in [4.78, 5) is 25.1. The summed E-state index contributed by atoms with van der Waals surface area (Å²) >= 11 is 0. The second-order valence-electron chi connectivity index (χ2n) is 16.2. The zero-order valence-electron chi connectivity index (χ0n) is 29.1. The second-order valence-corrected chi connectivity index (χ2v) is 18.6. The van der Waals surface area contributed by atoms with Crippen molar-refractivity contribution in [2.75, 3.05) is 13.2 Å². The number of hydrogen-bond donors (Lipinski definition) is 4. The van der Waals surface area contributed by atoms with Gasteiger partial charge in [0.2, 0.25) is 0 Å². The average Bonchev–Trinajstić information content (AvgIpc) is 2.81. The quantitative estimate of drug-likeness (QED) is 0.160. The zero-order chi connectivity index (χ0) is 34.1. The first-order chi connectivity index (χ1) is 19.8. The Morgan fingerprint density at radius 1 is 0.977 bits per heavy atom. The van der Waals surface area contributed by atoms with E-state index >= 15 is 0 Å². The van der Waals surface area contributed by atoms with Crippen molar-refractivity contribution in [3.63, 3.8) is 0 Å². The fourth-order valence-corrected chi connectivity index (χ4v) is 9.39. The number of hydrogen-bond acceptors (Lipinski definition) is 7. The zero-order valence-corrected chi connectivity index (χ0v) is 30.0. The number of carboxylic acids is 2. The summed E-state index contributed by atoms with van der Waals surface area (Å²) in [7, 11) is -3.66. The molecule has 4 N–H and O–H groups in total. The molecule has 3 unspecified atom stereocenters. The van der Waals surface area contributed by atoms with E-state index in [4.69, 9.17) is 9.05 Å². The third-order valence-electron chi connectivity index (χ3n) is 8.68. The Balaban J connectivity index is 2.57. The maximum Gasteiger partial charge on any atom is 0.333 e. The van der Waals surface area contributed by atoms with Crippen LogP contribution in [0, 0.1) is 11.3 Å². The fraction of sp³-hybridized carbons (Fsp3) is 0.765. The molecule has 0 amide bonds. The Bertz CT molecular complexity index is 1190. The van der Waals surface area contributed by atoms with Gasteiger partial charge in [0.1, 0.15) is 5.75 Å². The predicted molar refractivity (Wildman–Crippen MR) is 175 cm³/mol. The molecule has 9 nitrogen and oxygen atoms in total. The van der Waals surface area contributed by atoms with Crippen LogP contribution in [0.5, 0.6) is 5.75 Å². The number of aromatic hydroxyl groups is 1. The normalized spacial score (nSPS) is 20.8. The number of piperidine rings is 1. The molecule has 0 aliphatic carbocycles. The lowest BCUT2D eigenvalue weighted by Gasteiger charge is -2.47. The van der Waals surface area contributed by atoms with Crippen LogP contribution in [0.3, 0.4) is 0 Å². The van der Waals surface area contributed by atoms with Crippen LogP contribution in [0.4, 0.5) is 0 Å². The SMILES string of the molecule is CCOP(=O)(OCCC(Cc1cc(C(C)(C)C)c(O)c(C(C)(C)C)c1)(CC(C)C(=O)O)C(=O)O)C1CC(C)(C)NC(C)(C)C1. The fourth-order valence-electron chi connectivity index (χ4n) is 6.82. The van der Waals surface area contributed by atoms with Crippen LogP contribution in [0.15, 0.2) is 12.1 Å². The third kappa shape index (κ3) is 9.54. The van der Waals surface area contributed by atoms with E-state index in [1.165, 1.54) is 6.92 Å². The van der Waals surface area contributed by atoms with Crippen molar-refractivity contribution < 1.29 is 38.5 Å². The lowest BCUT2D eigenvalue weighted by atomic mass is 9.71. The molecule has 1 aliphatic heterocycles. The molecule has 1 heterocycles. The lowest BCUT2D eigenvalue weighted by Crippen LogP contribution is -2.59. The molecule has 0 saturated carbocycles. The summed E-state index contributed by atoms with van der Waals surface area (Å²) in [6.45, 7) is 23.4. The Morgan fingerprint density at radius 2 is 1.45 bits per heavy atom. The highest BCUT2D eigenvalue weighted by Crippen LogP contribution is 2.59. The van der Waals surface area contributed by atoms with Crippen molar-refractivity contribution in [3.05, 3.63) is 28.8 Å². The van der Waals surface area contributed by atoms with Crippen LogP contribution in [-0.4, -0.2) is 57.2 Å². The molecular weight excluding hydrogens is 581 g/mol. The number of nitrogens with one attached hydrogen (secondary N) is 1. The highest BCUT2D eigenvalue weighted by Gasteiger charge is 2.48. The number of rotatable bonds is 13. The number of phenolic OH excluding ortho intramolecular Hbond substituents is 1. The van der Waals surface area contributed by atoms with Gasteiger partial charge in [-0.25, -0.2) is 0 Å². The third-order valence-corrected chi connectivity index (χ3v) is 11.1. The van der Waals surface area contributed by atoms with E-state index < -0.39 is 41.7 Å². The monoisotopic (exact) mass is 639 g/mol. The summed E-state index contributed by atoms with van der Waals surface area (Å²) < 4.78 is 26.2. The van der Waals surface area contributed by atoms with E-state index in [1.54, 1.807) is 6.92 Å². The van der Waals surface area contributed by atoms with Gasteiger partial charge in [0.25, 0.3) is 0 Å². The van der Waals surface area contributed by atoms with E-state index in [1.807, 2.05) is 53.7 Å². The average molecular weight is 640 g/mol. The van der Waals surface area contributed by atoms with E-state index in [0.29, 0.717) is 29.5 Å². The first-order valence-corrected chi connectivity index (χ1v) is 17.4. The second kappa shape index (κ2) is 13.4. The smallest absolute Gasteiger partial charge is 0.333 e. The number of phenols is 1. The van der Waals surface area contributed by atoms with Crippen LogP contribution in [0.1, 0.15) is 125 Å². The number of carbonyl (C=O) groups is 2. The molecule has 10 heteroatoms. The molecule has 0 aromatic heterocycles. The molecule has 1 aromatic carbocycles. The lowest BCUT2D eigenvalue weighted by molar-refractivity contribution is -0.153. The minimum Gasteiger partial charge on any atom is -0.507 e. The number of benzene rings is 1. The van der Waals surface area contributed by atoms with Crippen LogP contribution in [0.25, 0.3) is 0 Å². The minimum absolute atomic E-state index is 0.0160. The molecule has 44 heavy (non-hydrogen) atoms.